The average molecular weight is 425 g/mol. The van der Waals surface area contributed by atoms with Crippen LogP contribution in [-0.4, -0.2) is 51.9 Å². The first-order valence-electron chi connectivity index (χ1n) is 10.2. The predicted molar refractivity (Wildman–Crippen MR) is 111 cm³/mol. The van der Waals surface area contributed by atoms with E-state index in [4.69, 9.17) is 4.74 Å². The maximum atomic E-state index is 12.7. The van der Waals surface area contributed by atoms with Gasteiger partial charge >= 0.3 is 0 Å². The third-order valence-electron chi connectivity index (χ3n) is 6.01. The summed E-state index contributed by atoms with van der Waals surface area (Å²) in [5.74, 6) is 0.792. The van der Waals surface area contributed by atoms with E-state index in [1.54, 1.807) is 12.1 Å². The third kappa shape index (κ3) is 4.74. The number of amides is 1. The molecule has 0 aromatic heterocycles. The molecule has 1 aliphatic carbocycles. The van der Waals surface area contributed by atoms with Gasteiger partial charge < -0.3 is 10.1 Å². The van der Waals surface area contributed by atoms with E-state index in [9.17, 15) is 13.2 Å². The van der Waals surface area contributed by atoms with Gasteiger partial charge in [-0.2, -0.15) is 0 Å². The lowest BCUT2D eigenvalue weighted by molar-refractivity contribution is -0.124. The number of carbonyl (C=O) groups excluding carboxylic acids is 1. The minimum absolute atomic E-state index is 0.00611. The SMILES string of the molecule is COc1ccc(C2CC(C(=O)NC3CCCCC3C)NN2)cc1S(=O)(=O)N(C)C. The summed E-state index contributed by atoms with van der Waals surface area (Å²) in [6.45, 7) is 2.19. The molecule has 4 unspecified atom stereocenters. The Morgan fingerprint density at radius 1 is 1.21 bits per heavy atom. The first kappa shape index (κ1) is 22.0. The molecule has 29 heavy (non-hydrogen) atoms. The van der Waals surface area contributed by atoms with E-state index in [1.165, 1.54) is 27.6 Å². The molecule has 3 N–H and O–H groups in total. The van der Waals surface area contributed by atoms with Crippen LogP contribution in [0.4, 0.5) is 0 Å². The van der Waals surface area contributed by atoms with Gasteiger partial charge in [0.25, 0.3) is 0 Å². The Morgan fingerprint density at radius 3 is 2.59 bits per heavy atom. The van der Waals surface area contributed by atoms with Crippen molar-refractivity contribution in [3.63, 3.8) is 0 Å². The highest BCUT2D eigenvalue weighted by atomic mass is 32.2. The molecule has 9 heteroatoms. The minimum Gasteiger partial charge on any atom is -0.495 e. The van der Waals surface area contributed by atoms with Gasteiger partial charge in [-0.25, -0.2) is 23.6 Å². The van der Waals surface area contributed by atoms with E-state index >= 15 is 0 Å². The molecule has 0 bridgehead atoms. The fourth-order valence-corrected chi connectivity index (χ4v) is 5.15. The predicted octanol–water partition coefficient (Wildman–Crippen LogP) is 1.55. The van der Waals surface area contributed by atoms with Gasteiger partial charge in [0.1, 0.15) is 16.7 Å². The molecule has 1 aromatic rings. The fraction of sp³-hybridized carbons (Fsp3) is 0.650. The molecule has 0 spiro atoms. The maximum Gasteiger partial charge on any atom is 0.246 e. The number of hydrazine groups is 1. The van der Waals surface area contributed by atoms with E-state index < -0.39 is 10.0 Å². The quantitative estimate of drug-likeness (QED) is 0.641. The summed E-state index contributed by atoms with van der Waals surface area (Å²) >= 11 is 0. The Bertz CT molecular complexity index is 843. The van der Waals surface area contributed by atoms with E-state index in [2.05, 4.69) is 23.1 Å². The Labute approximate surface area is 173 Å². The monoisotopic (exact) mass is 424 g/mol. The first-order chi connectivity index (χ1) is 13.7. The Kier molecular flexibility index (Phi) is 6.83. The number of nitrogens with one attached hydrogen (secondary N) is 3. The van der Waals surface area contributed by atoms with Crippen LogP contribution in [0, 0.1) is 5.92 Å². The molecule has 2 aliphatic rings. The van der Waals surface area contributed by atoms with Gasteiger partial charge in [0.05, 0.1) is 7.11 Å². The standard InChI is InChI=1S/C20H32N4O4S/c1-13-7-5-6-8-15(13)21-20(25)17-12-16(22-23-17)14-9-10-18(28-4)19(11-14)29(26,27)24(2)3/h9-11,13,15-17,22-23H,5-8,12H2,1-4H3,(H,21,25). The molecule has 8 nitrogen and oxygen atoms in total. The Balaban J connectivity index is 1.72. The number of rotatable bonds is 6. The van der Waals surface area contributed by atoms with Crippen LogP contribution in [0.25, 0.3) is 0 Å². The molecule has 1 saturated carbocycles. The van der Waals surface area contributed by atoms with E-state index in [0.29, 0.717) is 18.1 Å². The number of hydrogen-bond donors (Lipinski definition) is 3. The number of methoxy groups -OCH3 is 1. The van der Waals surface area contributed by atoms with Crippen LogP contribution in [0.1, 0.15) is 50.6 Å². The highest BCUT2D eigenvalue weighted by Gasteiger charge is 2.33. The summed E-state index contributed by atoms with van der Waals surface area (Å²) in [5.41, 5.74) is 7.00. The summed E-state index contributed by atoms with van der Waals surface area (Å²) < 4.78 is 31.7. The lowest BCUT2D eigenvalue weighted by atomic mass is 9.85. The highest BCUT2D eigenvalue weighted by Crippen LogP contribution is 2.31. The van der Waals surface area contributed by atoms with Crippen molar-refractivity contribution in [2.24, 2.45) is 5.92 Å². The molecule has 3 rings (SSSR count). The van der Waals surface area contributed by atoms with Crippen molar-refractivity contribution in [3.05, 3.63) is 23.8 Å². The average Bonchev–Trinajstić information content (AvgIpc) is 3.19. The fourth-order valence-electron chi connectivity index (χ4n) is 4.07. The van der Waals surface area contributed by atoms with Crippen LogP contribution in [0.5, 0.6) is 5.75 Å². The smallest absolute Gasteiger partial charge is 0.246 e. The molecular weight excluding hydrogens is 392 g/mol. The second-order valence-corrected chi connectivity index (χ2v) is 10.3. The lowest BCUT2D eigenvalue weighted by Gasteiger charge is -2.30. The Hall–Kier alpha value is -1.68. The number of hydrogen-bond acceptors (Lipinski definition) is 6. The zero-order chi connectivity index (χ0) is 21.2. The lowest BCUT2D eigenvalue weighted by Crippen LogP contribution is -2.49. The summed E-state index contributed by atoms with van der Waals surface area (Å²) in [7, 11) is 0.783. The molecule has 2 fully saturated rings. The van der Waals surface area contributed by atoms with Crippen molar-refractivity contribution in [1.29, 1.82) is 0 Å². The van der Waals surface area contributed by atoms with Crippen LogP contribution in [-0.2, 0) is 14.8 Å². The van der Waals surface area contributed by atoms with Gasteiger partial charge in [-0.1, -0.05) is 25.8 Å². The van der Waals surface area contributed by atoms with Gasteiger partial charge in [0, 0.05) is 26.2 Å². The second kappa shape index (κ2) is 8.99. The minimum atomic E-state index is -3.65. The largest absolute Gasteiger partial charge is 0.495 e. The molecule has 1 aliphatic heterocycles. The third-order valence-corrected chi connectivity index (χ3v) is 7.84. The van der Waals surface area contributed by atoms with Crippen molar-refractivity contribution in [3.8, 4) is 5.75 Å². The van der Waals surface area contributed by atoms with Crippen LogP contribution >= 0.6 is 0 Å². The van der Waals surface area contributed by atoms with Crippen molar-refractivity contribution >= 4 is 15.9 Å². The molecule has 1 aromatic carbocycles. The summed E-state index contributed by atoms with van der Waals surface area (Å²) in [6.07, 6.45) is 5.11. The molecular formula is C20H32N4O4S. The topological polar surface area (TPSA) is 99.8 Å². The van der Waals surface area contributed by atoms with Gasteiger partial charge in [0.15, 0.2) is 0 Å². The molecule has 162 valence electrons. The van der Waals surface area contributed by atoms with Crippen molar-refractivity contribution in [2.45, 2.75) is 62.0 Å². The van der Waals surface area contributed by atoms with Crippen LogP contribution in [0.15, 0.2) is 23.1 Å². The number of sulfonamides is 1. The van der Waals surface area contributed by atoms with Gasteiger partial charge in [0.2, 0.25) is 15.9 Å². The summed E-state index contributed by atoms with van der Waals surface area (Å²) in [6, 6.07) is 4.81. The zero-order valence-electron chi connectivity index (χ0n) is 17.6. The van der Waals surface area contributed by atoms with Gasteiger partial charge in [-0.15, -0.1) is 0 Å². The zero-order valence-corrected chi connectivity index (χ0v) is 18.4. The summed E-state index contributed by atoms with van der Waals surface area (Å²) in [4.78, 5) is 12.8. The van der Waals surface area contributed by atoms with E-state index in [-0.39, 0.29) is 28.9 Å². The van der Waals surface area contributed by atoms with Crippen LogP contribution < -0.4 is 20.9 Å². The molecule has 1 amide bonds. The van der Waals surface area contributed by atoms with Gasteiger partial charge in [-0.05, 0) is 42.9 Å². The van der Waals surface area contributed by atoms with Crippen molar-refractivity contribution in [2.75, 3.05) is 21.2 Å². The molecule has 4 atom stereocenters. The number of nitrogens with zero attached hydrogens (tertiary/aromatic N) is 1. The summed E-state index contributed by atoms with van der Waals surface area (Å²) in [5, 5.41) is 3.19. The van der Waals surface area contributed by atoms with Crippen LogP contribution in [0.2, 0.25) is 0 Å². The molecule has 0 radical (unpaired) electrons. The normalized spacial score (nSPS) is 27.8. The van der Waals surface area contributed by atoms with Crippen molar-refractivity contribution in [1.82, 2.24) is 20.5 Å². The number of carbonyl (C=O) groups is 1. The second-order valence-electron chi connectivity index (χ2n) is 8.20. The number of benzene rings is 1. The van der Waals surface area contributed by atoms with E-state index in [1.807, 2.05) is 6.07 Å². The number of ether oxygens (including phenoxy) is 1. The maximum absolute atomic E-state index is 12.7. The van der Waals surface area contributed by atoms with E-state index in [0.717, 1.165) is 29.1 Å². The Morgan fingerprint density at radius 2 is 1.93 bits per heavy atom. The first-order valence-corrected chi connectivity index (χ1v) is 11.6. The van der Waals surface area contributed by atoms with Crippen LogP contribution in [0.3, 0.4) is 0 Å². The van der Waals surface area contributed by atoms with Gasteiger partial charge in [-0.3, -0.25) is 4.79 Å². The molecule has 1 saturated heterocycles. The van der Waals surface area contributed by atoms with Crippen molar-refractivity contribution < 1.29 is 17.9 Å². The molecule has 1 heterocycles. The highest BCUT2D eigenvalue weighted by molar-refractivity contribution is 7.89.